The minimum absolute atomic E-state index is 0.904. The second-order valence-electron chi connectivity index (χ2n) is 3.32. The summed E-state index contributed by atoms with van der Waals surface area (Å²) in [6, 6.07) is 10.1. The van der Waals surface area contributed by atoms with Gasteiger partial charge in [-0.15, -0.1) is 0 Å². The maximum Gasteiger partial charge on any atom is 0.155 e. The van der Waals surface area contributed by atoms with Gasteiger partial charge < -0.3 is 0 Å². The molecule has 0 saturated carbocycles. The molecular formula is C11H9N3. The van der Waals surface area contributed by atoms with Crippen LogP contribution in [-0.4, -0.2) is 14.6 Å². The highest BCUT2D eigenvalue weighted by Gasteiger charge is 2.03. The number of hydrogen-bond acceptors (Lipinski definition) is 2. The number of benzene rings is 1. The number of aromatic nitrogens is 3. The molecule has 3 heteroatoms. The van der Waals surface area contributed by atoms with Crippen LogP contribution in [0.25, 0.3) is 16.6 Å². The zero-order chi connectivity index (χ0) is 9.54. The second-order valence-corrected chi connectivity index (χ2v) is 3.32. The summed E-state index contributed by atoms with van der Waals surface area (Å²) in [5.74, 6) is 0. The number of aryl methyl sites for hydroxylation is 1. The van der Waals surface area contributed by atoms with Gasteiger partial charge in [0.05, 0.1) is 11.7 Å². The Labute approximate surface area is 81.0 Å². The first-order valence-corrected chi connectivity index (χ1v) is 4.55. The molecule has 0 spiro atoms. The number of rotatable bonds is 0. The van der Waals surface area contributed by atoms with E-state index >= 15 is 0 Å². The molecule has 0 aliphatic rings. The van der Waals surface area contributed by atoms with Gasteiger partial charge in [-0.3, -0.25) is 0 Å². The van der Waals surface area contributed by atoms with E-state index in [4.69, 9.17) is 0 Å². The van der Waals surface area contributed by atoms with Gasteiger partial charge in [0.1, 0.15) is 0 Å². The van der Waals surface area contributed by atoms with Gasteiger partial charge in [-0.05, 0) is 13.0 Å². The minimum Gasteiger partial charge on any atom is -0.233 e. The van der Waals surface area contributed by atoms with E-state index < -0.39 is 0 Å². The van der Waals surface area contributed by atoms with E-state index in [1.165, 1.54) is 0 Å². The van der Waals surface area contributed by atoms with Gasteiger partial charge >= 0.3 is 0 Å². The molecule has 3 aromatic rings. The van der Waals surface area contributed by atoms with Gasteiger partial charge in [0, 0.05) is 17.1 Å². The Balaban J connectivity index is 2.67. The van der Waals surface area contributed by atoms with E-state index in [1.807, 2.05) is 29.6 Å². The number of para-hydroxylation sites is 1. The first-order valence-electron chi connectivity index (χ1n) is 4.55. The predicted octanol–water partition coefficient (Wildman–Crippen LogP) is 2.19. The molecule has 0 N–H and O–H groups in total. The monoisotopic (exact) mass is 183 g/mol. The third-order valence-electron chi connectivity index (χ3n) is 2.43. The summed E-state index contributed by atoms with van der Waals surface area (Å²) in [5.41, 5.74) is 3.06. The van der Waals surface area contributed by atoms with Crippen LogP contribution in [0.15, 0.2) is 36.5 Å². The fourth-order valence-corrected chi connectivity index (χ4v) is 1.76. The maximum atomic E-state index is 4.46. The number of hydrogen-bond donors (Lipinski definition) is 0. The quantitative estimate of drug-likeness (QED) is 0.534. The molecule has 0 saturated heterocycles. The number of fused-ring (bicyclic) bond motifs is 3. The smallest absolute Gasteiger partial charge is 0.155 e. The molecule has 2 heterocycles. The largest absolute Gasteiger partial charge is 0.233 e. The van der Waals surface area contributed by atoms with Gasteiger partial charge in [-0.2, -0.15) is 5.10 Å². The van der Waals surface area contributed by atoms with E-state index in [9.17, 15) is 0 Å². The fourth-order valence-electron chi connectivity index (χ4n) is 1.76. The van der Waals surface area contributed by atoms with Crippen molar-refractivity contribution < 1.29 is 0 Å². The summed E-state index contributed by atoms with van der Waals surface area (Å²) in [7, 11) is 0. The molecular weight excluding hydrogens is 174 g/mol. The van der Waals surface area contributed by atoms with Crippen LogP contribution in [0, 0.1) is 6.92 Å². The molecule has 2 aromatic heterocycles. The van der Waals surface area contributed by atoms with Crippen molar-refractivity contribution >= 4 is 16.6 Å². The Morgan fingerprint density at radius 2 is 2.00 bits per heavy atom. The molecule has 0 bridgehead atoms. The standard InChI is InChI=1S/C11H9N3/c1-8-9-4-2-3-5-10(9)14-11(13-8)6-7-12-14/h2-7H,1H3. The minimum atomic E-state index is 0.904. The summed E-state index contributed by atoms with van der Waals surface area (Å²) in [4.78, 5) is 4.46. The lowest BCUT2D eigenvalue weighted by atomic mass is 10.2. The Morgan fingerprint density at radius 1 is 1.14 bits per heavy atom. The Morgan fingerprint density at radius 3 is 2.93 bits per heavy atom. The van der Waals surface area contributed by atoms with Crippen molar-refractivity contribution in [2.24, 2.45) is 0 Å². The summed E-state index contributed by atoms with van der Waals surface area (Å²) in [6.07, 6.45) is 1.77. The van der Waals surface area contributed by atoms with E-state index in [0.717, 1.165) is 22.2 Å². The molecule has 68 valence electrons. The van der Waals surface area contributed by atoms with E-state index in [0.29, 0.717) is 0 Å². The molecule has 0 radical (unpaired) electrons. The molecule has 14 heavy (non-hydrogen) atoms. The van der Waals surface area contributed by atoms with E-state index in [-0.39, 0.29) is 0 Å². The van der Waals surface area contributed by atoms with Crippen molar-refractivity contribution in [1.29, 1.82) is 0 Å². The highest BCUT2D eigenvalue weighted by Crippen LogP contribution is 2.17. The number of nitrogens with zero attached hydrogens (tertiary/aromatic N) is 3. The summed E-state index contributed by atoms with van der Waals surface area (Å²) >= 11 is 0. The zero-order valence-electron chi connectivity index (χ0n) is 7.81. The van der Waals surface area contributed by atoms with Crippen LogP contribution in [0.1, 0.15) is 5.69 Å². The third kappa shape index (κ3) is 0.865. The fraction of sp³-hybridized carbons (Fsp3) is 0.0909. The molecule has 0 aliphatic heterocycles. The summed E-state index contributed by atoms with van der Waals surface area (Å²) in [5, 5.41) is 5.40. The van der Waals surface area contributed by atoms with Crippen molar-refractivity contribution in [2.75, 3.05) is 0 Å². The highest BCUT2D eigenvalue weighted by atomic mass is 15.2. The lowest BCUT2D eigenvalue weighted by Gasteiger charge is -2.03. The van der Waals surface area contributed by atoms with Gasteiger partial charge in [0.25, 0.3) is 0 Å². The zero-order valence-corrected chi connectivity index (χ0v) is 7.81. The van der Waals surface area contributed by atoms with Gasteiger partial charge in [0.2, 0.25) is 0 Å². The predicted molar refractivity (Wildman–Crippen MR) is 55.2 cm³/mol. The van der Waals surface area contributed by atoms with Crippen LogP contribution in [0.5, 0.6) is 0 Å². The average Bonchev–Trinajstić information content (AvgIpc) is 2.66. The van der Waals surface area contributed by atoms with Gasteiger partial charge in [-0.25, -0.2) is 9.50 Å². The molecule has 0 aliphatic carbocycles. The topological polar surface area (TPSA) is 30.2 Å². The Bertz CT molecular complexity index is 610. The van der Waals surface area contributed by atoms with Crippen molar-refractivity contribution in [3.8, 4) is 0 Å². The summed E-state index contributed by atoms with van der Waals surface area (Å²) < 4.78 is 1.86. The van der Waals surface area contributed by atoms with Gasteiger partial charge in [-0.1, -0.05) is 18.2 Å². The normalized spacial score (nSPS) is 11.2. The van der Waals surface area contributed by atoms with Crippen LogP contribution in [-0.2, 0) is 0 Å². The van der Waals surface area contributed by atoms with Gasteiger partial charge in [0.15, 0.2) is 5.65 Å². The first kappa shape index (κ1) is 7.50. The molecule has 0 atom stereocenters. The van der Waals surface area contributed by atoms with Crippen LogP contribution in [0.2, 0.25) is 0 Å². The maximum absolute atomic E-state index is 4.46. The first-order chi connectivity index (χ1) is 6.86. The molecule has 0 fully saturated rings. The van der Waals surface area contributed by atoms with E-state index in [2.05, 4.69) is 22.2 Å². The van der Waals surface area contributed by atoms with Crippen molar-refractivity contribution in [3.05, 3.63) is 42.2 Å². The average molecular weight is 183 g/mol. The molecule has 3 nitrogen and oxygen atoms in total. The molecule has 3 rings (SSSR count). The lowest BCUT2D eigenvalue weighted by Crippen LogP contribution is -1.95. The van der Waals surface area contributed by atoms with Crippen LogP contribution < -0.4 is 0 Å². The SMILES string of the molecule is Cc1nc2ccnn2c2ccccc12. The van der Waals surface area contributed by atoms with Crippen LogP contribution >= 0.6 is 0 Å². The molecule has 0 unspecified atom stereocenters. The van der Waals surface area contributed by atoms with Crippen LogP contribution in [0.3, 0.4) is 0 Å². The highest BCUT2D eigenvalue weighted by molar-refractivity contribution is 5.83. The van der Waals surface area contributed by atoms with Crippen LogP contribution in [0.4, 0.5) is 0 Å². The van der Waals surface area contributed by atoms with E-state index in [1.54, 1.807) is 6.20 Å². The molecule has 1 aromatic carbocycles. The van der Waals surface area contributed by atoms with Crippen molar-refractivity contribution in [1.82, 2.24) is 14.6 Å². The molecule has 0 amide bonds. The van der Waals surface area contributed by atoms with Crippen molar-refractivity contribution in [2.45, 2.75) is 6.92 Å². The Kier molecular flexibility index (Phi) is 1.36. The third-order valence-corrected chi connectivity index (χ3v) is 2.43. The summed E-state index contributed by atoms with van der Waals surface area (Å²) in [6.45, 7) is 2.02. The van der Waals surface area contributed by atoms with Crippen molar-refractivity contribution in [3.63, 3.8) is 0 Å². The lowest BCUT2D eigenvalue weighted by molar-refractivity contribution is 0.976. The Hall–Kier alpha value is -1.90. The second kappa shape index (κ2) is 2.54.